The van der Waals surface area contributed by atoms with Gasteiger partial charge in [0.05, 0.1) is 4.91 Å². The maximum Gasteiger partial charge on any atom is 0.199 e. The maximum atomic E-state index is 13.5. The highest BCUT2D eigenvalue weighted by molar-refractivity contribution is 8.03. The molecule has 2 nitrogen and oxygen atoms in total. The number of hydrogen-bond donors (Lipinski definition) is 0. The summed E-state index contributed by atoms with van der Waals surface area (Å²) in [6, 6.07) is 33.3. The van der Waals surface area contributed by atoms with E-state index in [2.05, 4.69) is 31.2 Å². The summed E-state index contributed by atoms with van der Waals surface area (Å²) >= 11 is 7.57. The zero-order valence-corrected chi connectivity index (χ0v) is 20.5. The maximum absolute atomic E-state index is 13.5. The third-order valence-corrected chi connectivity index (χ3v) is 6.63. The van der Waals surface area contributed by atoms with E-state index in [0.717, 1.165) is 16.9 Å². The topological polar surface area (TPSA) is 26.3 Å². The van der Waals surface area contributed by atoms with Gasteiger partial charge in [-0.2, -0.15) is 0 Å². The van der Waals surface area contributed by atoms with Gasteiger partial charge in [-0.1, -0.05) is 90.0 Å². The molecule has 0 amide bonds. The number of para-hydroxylation sites is 1. The second-order valence-corrected chi connectivity index (χ2v) is 9.38. The first kappa shape index (κ1) is 23.9. The summed E-state index contributed by atoms with van der Waals surface area (Å²) < 4.78 is 6.12. The molecule has 4 heteroatoms. The number of aryl methyl sites for hydroxylation is 1. The standard InChI is InChI=1S/C30H25ClO2S/c1-22-11-13-24(14-12-22)21-34-29(30(32)25-15-17-27(31)18-16-25)19-26-9-5-6-10-28(26)33-20-23-7-3-2-4-8-23/h2-19H,20-21H2,1H3/b29-19+. The van der Waals surface area contributed by atoms with Gasteiger partial charge in [0.15, 0.2) is 5.78 Å². The van der Waals surface area contributed by atoms with Crippen LogP contribution < -0.4 is 4.74 Å². The average molecular weight is 485 g/mol. The molecule has 4 aromatic rings. The van der Waals surface area contributed by atoms with E-state index in [4.69, 9.17) is 16.3 Å². The second kappa shape index (κ2) is 11.7. The second-order valence-electron chi connectivity index (χ2n) is 7.93. The van der Waals surface area contributed by atoms with Crippen molar-refractivity contribution in [2.45, 2.75) is 19.3 Å². The highest BCUT2D eigenvalue weighted by atomic mass is 35.5. The van der Waals surface area contributed by atoms with Crippen molar-refractivity contribution in [3.63, 3.8) is 0 Å². The summed E-state index contributed by atoms with van der Waals surface area (Å²) in [6.45, 7) is 2.53. The number of carbonyl (C=O) groups excluding carboxylic acids is 1. The van der Waals surface area contributed by atoms with E-state index in [0.29, 0.717) is 27.9 Å². The van der Waals surface area contributed by atoms with Crippen LogP contribution in [0.4, 0.5) is 0 Å². The first-order chi connectivity index (χ1) is 16.6. The minimum absolute atomic E-state index is 0.0355. The quantitative estimate of drug-likeness (QED) is 0.176. The van der Waals surface area contributed by atoms with Crippen LogP contribution in [0.15, 0.2) is 108 Å². The molecular formula is C30H25ClO2S. The van der Waals surface area contributed by atoms with Crippen molar-refractivity contribution in [3.05, 3.63) is 141 Å². The van der Waals surface area contributed by atoms with Gasteiger partial charge in [-0.05, 0) is 54.5 Å². The molecule has 0 N–H and O–H groups in total. The number of hydrogen-bond acceptors (Lipinski definition) is 3. The number of benzene rings is 4. The van der Waals surface area contributed by atoms with Gasteiger partial charge in [0.2, 0.25) is 0 Å². The largest absolute Gasteiger partial charge is 0.488 e. The summed E-state index contributed by atoms with van der Waals surface area (Å²) in [5, 5.41) is 0.606. The summed E-state index contributed by atoms with van der Waals surface area (Å²) in [5.41, 5.74) is 4.94. The molecule has 0 heterocycles. The molecule has 0 aliphatic rings. The van der Waals surface area contributed by atoms with Crippen LogP contribution in [-0.2, 0) is 12.4 Å². The van der Waals surface area contributed by atoms with Crippen LogP contribution >= 0.6 is 23.4 Å². The number of rotatable bonds is 9. The SMILES string of the molecule is Cc1ccc(CS/C(=C/c2ccccc2OCc2ccccc2)C(=O)c2ccc(Cl)cc2)cc1. The van der Waals surface area contributed by atoms with Crippen molar-refractivity contribution in [1.29, 1.82) is 0 Å². The molecule has 0 saturated heterocycles. The Bertz CT molecular complexity index is 1260. The Hall–Kier alpha value is -3.27. The van der Waals surface area contributed by atoms with Crippen LogP contribution in [0.1, 0.15) is 32.6 Å². The summed E-state index contributed by atoms with van der Waals surface area (Å²) in [4.78, 5) is 14.1. The normalized spacial score (nSPS) is 11.3. The summed E-state index contributed by atoms with van der Waals surface area (Å²) in [7, 11) is 0. The molecule has 0 aliphatic carbocycles. The minimum Gasteiger partial charge on any atom is -0.488 e. The smallest absolute Gasteiger partial charge is 0.199 e. The zero-order valence-electron chi connectivity index (χ0n) is 18.9. The van der Waals surface area contributed by atoms with Gasteiger partial charge in [0, 0.05) is 21.9 Å². The van der Waals surface area contributed by atoms with E-state index in [1.54, 1.807) is 24.3 Å². The van der Waals surface area contributed by atoms with E-state index in [-0.39, 0.29) is 5.78 Å². The number of halogens is 1. The van der Waals surface area contributed by atoms with Crippen molar-refractivity contribution in [2.75, 3.05) is 0 Å². The van der Waals surface area contributed by atoms with Crippen molar-refractivity contribution in [2.24, 2.45) is 0 Å². The molecule has 0 unspecified atom stereocenters. The van der Waals surface area contributed by atoms with E-state index in [1.165, 1.54) is 22.9 Å². The van der Waals surface area contributed by atoms with Gasteiger partial charge < -0.3 is 4.74 Å². The fraction of sp³-hybridized carbons (Fsp3) is 0.100. The predicted molar refractivity (Wildman–Crippen MR) is 143 cm³/mol. The molecule has 170 valence electrons. The van der Waals surface area contributed by atoms with Crippen LogP contribution in [0.5, 0.6) is 5.75 Å². The van der Waals surface area contributed by atoms with Crippen LogP contribution in [0.2, 0.25) is 5.02 Å². The summed E-state index contributed by atoms with van der Waals surface area (Å²) in [6.07, 6.45) is 1.93. The Balaban J connectivity index is 1.62. The number of carbonyl (C=O) groups is 1. The zero-order chi connectivity index (χ0) is 23.8. The number of ketones is 1. The predicted octanol–water partition coefficient (Wildman–Crippen LogP) is 8.38. The molecule has 0 saturated carbocycles. The van der Waals surface area contributed by atoms with Crippen molar-refractivity contribution in [1.82, 2.24) is 0 Å². The van der Waals surface area contributed by atoms with Crippen molar-refractivity contribution >= 4 is 35.2 Å². The minimum atomic E-state index is -0.0355. The van der Waals surface area contributed by atoms with Crippen LogP contribution in [-0.4, -0.2) is 5.78 Å². The third kappa shape index (κ3) is 6.63. The Morgan fingerprint density at radius 1 is 0.824 bits per heavy atom. The fourth-order valence-corrected chi connectivity index (χ4v) is 4.47. The number of allylic oxidation sites excluding steroid dienone is 1. The van der Waals surface area contributed by atoms with Crippen LogP contribution in [0.25, 0.3) is 6.08 Å². The average Bonchev–Trinajstić information content (AvgIpc) is 2.87. The molecule has 34 heavy (non-hydrogen) atoms. The van der Waals surface area contributed by atoms with Crippen LogP contribution in [0.3, 0.4) is 0 Å². The van der Waals surface area contributed by atoms with E-state index in [9.17, 15) is 4.79 Å². The summed E-state index contributed by atoms with van der Waals surface area (Å²) in [5.74, 6) is 1.40. The lowest BCUT2D eigenvalue weighted by Crippen LogP contribution is -2.02. The lowest BCUT2D eigenvalue weighted by molar-refractivity contribution is 0.104. The molecule has 0 atom stereocenters. The van der Waals surface area contributed by atoms with Crippen molar-refractivity contribution < 1.29 is 9.53 Å². The van der Waals surface area contributed by atoms with Gasteiger partial charge in [-0.25, -0.2) is 0 Å². The van der Waals surface area contributed by atoms with E-state index in [1.807, 2.05) is 60.7 Å². The fourth-order valence-electron chi connectivity index (χ4n) is 3.37. The first-order valence-corrected chi connectivity index (χ1v) is 12.4. The van der Waals surface area contributed by atoms with Gasteiger partial charge in [0.25, 0.3) is 0 Å². The molecule has 0 aromatic heterocycles. The Labute approximate surface area is 210 Å². The highest BCUT2D eigenvalue weighted by Gasteiger charge is 2.15. The lowest BCUT2D eigenvalue weighted by Gasteiger charge is -2.12. The Morgan fingerprint density at radius 2 is 1.50 bits per heavy atom. The van der Waals surface area contributed by atoms with E-state index >= 15 is 0 Å². The third-order valence-electron chi connectivity index (χ3n) is 5.29. The van der Waals surface area contributed by atoms with Gasteiger partial charge in [0.1, 0.15) is 12.4 Å². The van der Waals surface area contributed by atoms with Crippen LogP contribution in [0, 0.1) is 6.92 Å². The Kier molecular flexibility index (Phi) is 8.24. The highest BCUT2D eigenvalue weighted by Crippen LogP contribution is 2.31. The van der Waals surface area contributed by atoms with Crippen molar-refractivity contribution in [3.8, 4) is 5.75 Å². The van der Waals surface area contributed by atoms with Gasteiger partial charge >= 0.3 is 0 Å². The molecule has 4 aromatic carbocycles. The molecular weight excluding hydrogens is 460 g/mol. The van der Waals surface area contributed by atoms with E-state index < -0.39 is 0 Å². The molecule has 0 spiro atoms. The molecule has 0 fully saturated rings. The number of Topliss-reactive ketones (excluding diaryl/α,β-unsaturated/α-hetero) is 1. The van der Waals surface area contributed by atoms with Gasteiger partial charge in [-0.3, -0.25) is 4.79 Å². The Morgan fingerprint density at radius 3 is 2.24 bits per heavy atom. The number of thioether (sulfide) groups is 1. The monoisotopic (exact) mass is 484 g/mol. The molecule has 0 radical (unpaired) electrons. The molecule has 0 bridgehead atoms. The number of ether oxygens (including phenoxy) is 1. The molecule has 4 rings (SSSR count). The first-order valence-electron chi connectivity index (χ1n) is 11.0. The molecule has 0 aliphatic heterocycles. The lowest BCUT2D eigenvalue weighted by atomic mass is 10.1. The van der Waals surface area contributed by atoms with Gasteiger partial charge in [-0.15, -0.1) is 11.8 Å².